The van der Waals surface area contributed by atoms with Gasteiger partial charge < -0.3 is 15.2 Å². The van der Waals surface area contributed by atoms with E-state index in [-0.39, 0.29) is 18.0 Å². The second-order valence-corrected chi connectivity index (χ2v) is 7.86. The lowest BCUT2D eigenvalue weighted by Crippen LogP contribution is -2.24. The molecule has 0 aromatic heterocycles. The molecule has 2 atom stereocenters. The predicted molar refractivity (Wildman–Crippen MR) is 112 cm³/mol. The van der Waals surface area contributed by atoms with Crippen molar-refractivity contribution in [1.29, 1.82) is 0 Å². The highest BCUT2D eigenvalue weighted by Crippen LogP contribution is 2.28. The number of anilines is 1. The van der Waals surface area contributed by atoms with E-state index in [4.69, 9.17) is 21.4 Å². The molecule has 1 fully saturated rings. The van der Waals surface area contributed by atoms with Crippen LogP contribution in [0.5, 0.6) is 0 Å². The van der Waals surface area contributed by atoms with Crippen molar-refractivity contribution < 1.29 is 19.0 Å². The largest absolute Gasteiger partial charge is 0.506 e. The maximum atomic E-state index is 14.5. The van der Waals surface area contributed by atoms with Crippen molar-refractivity contribution in [2.75, 3.05) is 18.4 Å². The highest BCUT2D eigenvalue weighted by atomic mass is 35.5. The summed E-state index contributed by atoms with van der Waals surface area (Å²) in [5, 5.41) is 12.8. The van der Waals surface area contributed by atoms with Gasteiger partial charge >= 0.3 is 6.16 Å². The lowest BCUT2D eigenvalue weighted by Gasteiger charge is -2.21. The predicted octanol–water partition coefficient (Wildman–Crippen LogP) is 5.62. The molecule has 0 bridgehead atoms. The number of likely N-dealkylation sites (tertiary alicyclic amines) is 1. The Hall–Kier alpha value is -2.31. The number of halogens is 2. The summed E-state index contributed by atoms with van der Waals surface area (Å²) in [7, 11) is 0. The molecule has 2 aromatic rings. The molecule has 0 unspecified atom stereocenters. The van der Waals surface area contributed by atoms with Gasteiger partial charge in [-0.2, -0.15) is 0 Å². The summed E-state index contributed by atoms with van der Waals surface area (Å²) in [5.41, 5.74) is 3.48. The Labute approximate surface area is 175 Å². The number of hydrogen-bond acceptors (Lipinski definition) is 4. The van der Waals surface area contributed by atoms with Gasteiger partial charge in [0.25, 0.3) is 0 Å². The second-order valence-electron chi connectivity index (χ2n) is 7.46. The third kappa shape index (κ3) is 5.61. The third-order valence-corrected chi connectivity index (χ3v) is 5.68. The van der Waals surface area contributed by atoms with Gasteiger partial charge in [0.15, 0.2) is 0 Å². The summed E-state index contributed by atoms with van der Waals surface area (Å²) < 4.78 is 19.3. The molecule has 3 rings (SSSR count). The van der Waals surface area contributed by atoms with Gasteiger partial charge in [0.1, 0.15) is 11.9 Å². The number of aryl methyl sites for hydroxylation is 1. The Kier molecular flexibility index (Phi) is 6.98. The van der Waals surface area contributed by atoms with Crippen LogP contribution in [0.4, 0.5) is 14.9 Å². The first-order valence-corrected chi connectivity index (χ1v) is 10.2. The molecule has 0 aliphatic carbocycles. The number of nitrogens with zero attached hydrogens (tertiary/aromatic N) is 1. The lowest BCUT2D eigenvalue weighted by atomic mass is 10.0. The van der Waals surface area contributed by atoms with Crippen LogP contribution in [0.2, 0.25) is 5.02 Å². The zero-order valence-electron chi connectivity index (χ0n) is 16.6. The van der Waals surface area contributed by atoms with E-state index in [9.17, 15) is 9.18 Å². The fourth-order valence-electron chi connectivity index (χ4n) is 3.71. The molecule has 1 heterocycles. The summed E-state index contributed by atoms with van der Waals surface area (Å²) in [6.07, 6.45) is -0.0753. The summed E-state index contributed by atoms with van der Waals surface area (Å²) in [4.78, 5) is 12.8. The molecule has 0 spiro atoms. The van der Waals surface area contributed by atoms with E-state index in [1.54, 1.807) is 6.07 Å². The lowest BCUT2D eigenvalue weighted by molar-refractivity contribution is 0.0548. The standard InChI is InChI=1S/C22H26ClFN2O3/c1-3-20(16-5-6-18(23)14(2)10-16)25-21-11-15(4-7-19(21)24)12-26-9-8-17(13-26)29-22(27)28/h4-7,10-11,17,20,25H,3,8-9,12-13H2,1-2H3,(H,27,28)/t17-,20-/m1/s1. The van der Waals surface area contributed by atoms with Crippen molar-refractivity contribution in [2.45, 2.75) is 45.4 Å². The number of nitrogens with one attached hydrogen (secondary N) is 1. The minimum atomic E-state index is -1.24. The fraction of sp³-hybridized carbons (Fsp3) is 0.409. The van der Waals surface area contributed by atoms with Gasteiger partial charge in [-0.15, -0.1) is 0 Å². The van der Waals surface area contributed by atoms with Crippen LogP contribution < -0.4 is 5.32 Å². The highest BCUT2D eigenvalue weighted by Gasteiger charge is 2.25. The Morgan fingerprint density at radius 3 is 2.86 bits per heavy atom. The first kappa shape index (κ1) is 21.4. The molecule has 1 aliphatic heterocycles. The fourth-order valence-corrected chi connectivity index (χ4v) is 3.83. The van der Waals surface area contributed by atoms with Crippen LogP contribution in [0.1, 0.15) is 42.5 Å². The van der Waals surface area contributed by atoms with Crippen molar-refractivity contribution in [1.82, 2.24) is 4.90 Å². The number of rotatable bonds is 7. The summed E-state index contributed by atoms with van der Waals surface area (Å²) in [6, 6.07) is 10.9. The minimum Gasteiger partial charge on any atom is -0.450 e. The summed E-state index contributed by atoms with van der Waals surface area (Å²) in [5.74, 6) is -0.300. The minimum absolute atomic E-state index is 0.0316. The summed E-state index contributed by atoms with van der Waals surface area (Å²) in [6.45, 7) is 5.92. The maximum Gasteiger partial charge on any atom is 0.506 e. The SMILES string of the molecule is CC[C@@H](Nc1cc(CN2CC[C@@H](OC(=O)O)C2)ccc1F)c1ccc(Cl)c(C)c1. The van der Waals surface area contributed by atoms with Crippen LogP contribution >= 0.6 is 11.6 Å². The van der Waals surface area contributed by atoms with Gasteiger partial charge in [-0.3, -0.25) is 4.90 Å². The molecule has 2 aromatic carbocycles. The van der Waals surface area contributed by atoms with Crippen LogP contribution in [-0.2, 0) is 11.3 Å². The molecular weight excluding hydrogens is 395 g/mol. The van der Waals surface area contributed by atoms with Crippen LogP contribution in [0.3, 0.4) is 0 Å². The summed E-state index contributed by atoms with van der Waals surface area (Å²) >= 11 is 6.13. The topological polar surface area (TPSA) is 61.8 Å². The van der Waals surface area contributed by atoms with Gasteiger partial charge in [-0.05, 0) is 54.7 Å². The third-order valence-electron chi connectivity index (χ3n) is 5.26. The number of hydrogen-bond donors (Lipinski definition) is 2. The normalized spacial score (nSPS) is 17.9. The van der Waals surface area contributed by atoms with Crippen molar-refractivity contribution in [3.8, 4) is 0 Å². The molecule has 1 saturated heterocycles. The van der Waals surface area contributed by atoms with Crippen LogP contribution in [0.25, 0.3) is 0 Å². The van der Waals surface area contributed by atoms with Gasteiger partial charge in [-0.25, -0.2) is 9.18 Å². The molecule has 0 saturated carbocycles. The molecular formula is C22H26ClFN2O3. The zero-order valence-corrected chi connectivity index (χ0v) is 17.4. The number of benzene rings is 2. The molecule has 1 aliphatic rings. The van der Waals surface area contributed by atoms with E-state index in [1.807, 2.05) is 31.2 Å². The first-order chi connectivity index (χ1) is 13.9. The Bertz CT molecular complexity index is 877. The van der Waals surface area contributed by atoms with E-state index in [1.165, 1.54) is 6.07 Å². The van der Waals surface area contributed by atoms with Crippen LogP contribution in [0.15, 0.2) is 36.4 Å². The Balaban J connectivity index is 1.70. The zero-order chi connectivity index (χ0) is 21.0. The van der Waals surface area contributed by atoms with E-state index < -0.39 is 6.16 Å². The van der Waals surface area contributed by atoms with Gasteiger partial charge in [0.05, 0.1) is 11.7 Å². The van der Waals surface area contributed by atoms with Crippen molar-refractivity contribution in [3.63, 3.8) is 0 Å². The van der Waals surface area contributed by atoms with Crippen molar-refractivity contribution in [2.24, 2.45) is 0 Å². The molecule has 156 valence electrons. The number of carboxylic acid groups (broad SMARTS) is 1. The number of ether oxygens (including phenoxy) is 1. The Morgan fingerprint density at radius 1 is 1.38 bits per heavy atom. The molecule has 2 N–H and O–H groups in total. The smallest absolute Gasteiger partial charge is 0.450 e. The maximum absolute atomic E-state index is 14.5. The second kappa shape index (κ2) is 9.46. The van der Waals surface area contributed by atoms with E-state index in [0.29, 0.717) is 30.2 Å². The van der Waals surface area contributed by atoms with Crippen molar-refractivity contribution >= 4 is 23.4 Å². The number of carbonyl (C=O) groups is 1. The highest BCUT2D eigenvalue weighted by molar-refractivity contribution is 6.31. The van der Waals surface area contributed by atoms with E-state index in [2.05, 4.69) is 17.1 Å². The van der Waals surface area contributed by atoms with E-state index in [0.717, 1.165) is 29.7 Å². The van der Waals surface area contributed by atoms with E-state index >= 15 is 0 Å². The molecule has 29 heavy (non-hydrogen) atoms. The van der Waals surface area contributed by atoms with Gasteiger partial charge in [0.2, 0.25) is 0 Å². The van der Waals surface area contributed by atoms with Crippen LogP contribution in [-0.4, -0.2) is 35.4 Å². The van der Waals surface area contributed by atoms with Crippen molar-refractivity contribution in [3.05, 3.63) is 63.9 Å². The Morgan fingerprint density at radius 2 is 2.17 bits per heavy atom. The average molecular weight is 421 g/mol. The monoisotopic (exact) mass is 420 g/mol. The first-order valence-electron chi connectivity index (χ1n) is 9.78. The van der Waals surface area contributed by atoms with Gasteiger partial charge in [-0.1, -0.05) is 36.7 Å². The molecule has 7 heteroatoms. The average Bonchev–Trinajstić information content (AvgIpc) is 3.10. The molecule has 0 amide bonds. The quantitative estimate of drug-likeness (QED) is 0.569. The molecule has 5 nitrogen and oxygen atoms in total. The van der Waals surface area contributed by atoms with Gasteiger partial charge in [0, 0.05) is 24.7 Å². The molecule has 0 radical (unpaired) electrons. The van der Waals surface area contributed by atoms with Crippen LogP contribution in [0, 0.1) is 12.7 Å².